The van der Waals surface area contributed by atoms with Crippen molar-refractivity contribution in [2.45, 2.75) is 43.6 Å². The number of hydrogen-bond donors (Lipinski definition) is 4. The first-order valence-corrected chi connectivity index (χ1v) is 10.6. The Bertz CT molecular complexity index is 851. The summed E-state index contributed by atoms with van der Waals surface area (Å²) in [5.74, 6) is 0. The molecule has 158 valence electrons. The van der Waals surface area contributed by atoms with Crippen LogP contribution in [0, 0.1) is 0 Å². The third-order valence-corrected chi connectivity index (χ3v) is 6.44. The number of likely N-dealkylation sites (tertiary alicyclic amines) is 1. The molecule has 2 aliphatic heterocycles. The van der Waals surface area contributed by atoms with E-state index in [1.54, 1.807) is 18.3 Å². The second-order valence-electron chi connectivity index (χ2n) is 8.22. The quantitative estimate of drug-likeness (QED) is 0.433. The predicted molar refractivity (Wildman–Crippen MR) is 114 cm³/mol. The molecule has 1 aromatic heterocycles. The van der Waals surface area contributed by atoms with E-state index < -0.39 is 11.8 Å². The molecule has 8 heteroatoms. The molecule has 3 heterocycles. The zero-order valence-corrected chi connectivity index (χ0v) is 17.2. The summed E-state index contributed by atoms with van der Waals surface area (Å²) in [6.07, 6.45) is 4.01. The summed E-state index contributed by atoms with van der Waals surface area (Å²) in [7, 11) is 0. The highest BCUT2D eigenvalue weighted by atomic mass is 35.5. The normalized spacial score (nSPS) is 22.0. The topological polar surface area (TPSA) is 104 Å². The number of nitrogen functional groups attached to an aromatic ring is 1. The molecule has 29 heavy (non-hydrogen) atoms. The lowest BCUT2D eigenvalue weighted by atomic mass is 9.92. The lowest BCUT2D eigenvalue weighted by Crippen LogP contribution is -2.51. The molecule has 0 spiro atoms. The standard InChI is InChI=1S/C21H29ClN4O3/c22-17-12-16(19-15(18(17)23)2-1-7-24-19)20(27)25-14-3-8-26(9-4-14)13-21(28)5-10-29-11-6-21/h1-2,7,12,14,20,25,27-28H,3-6,8-11,13,23H2. The van der Waals surface area contributed by atoms with E-state index in [0.717, 1.165) is 31.3 Å². The zero-order valence-electron chi connectivity index (χ0n) is 16.5. The summed E-state index contributed by atoms with van der Waals surface area (Å²) in [5.41, 5.74) is 7.21. The number of rotatable bonds is 5. The van der Waals surface area contributed by atoms with Gasteiger partial charge in [-0.2, -0.15) is 0 Å². The van der Waals surface area contributed by atoms with Crippen molar-refractivity contribution >= 4 is 28.2 Å². The minimum Gasteiger partial charge on any atom is -0.397 e. The van der Waals surface area contributed by atoms with Gasteiger partial charge in [0.05, 0.1) is 21.8 Å². The van der Waals surface area contributed by atoms with Crippen molar-refractivity contribution in [1.29, 1.82) is 0 Å². The molecular weight excluding hydrogens is 392 g/mol. The number of pyridine rings is 1. The number of piperidine rings is 1. The van der Waals surface area contributed by atoms with Crippen molar-refractivity contribution < 1.29 is 14.9 Å². The van der Waals surface area contributed by atoms with Gasteiger partial charge in [0.15, 0.2) is 0 Å². The molecule has 7 nitrogen and oxygen atoms in total. The Kier molecular flexibility index (Phi) is 6.24. The number of β-amino-alcohol motifs (C(OH)–C–C–N with tert-alkyl or cyclic N) is 1. The second-order valence-corrected chi connectivity index (χ2v) is 8.62. The van der Waals surface area contributed by atoms with Crippen LogP contribution in [0.5, 0.6) is 0 Å². The first-order valence-electron chi connectivity index (χ1n) is 10.2. The number of hydrogen-bond acceptors (Lipinski definition) is 7. The number of halogens is 1. The van der Waals surface area contributed by atoms with E-state index in [1.165, 1.54) is 0 Å². The van der Waals surface area contributed by atoms with Crippen molar-refractivity contribution in [3.05, 3.63) is 35.0 Å². The average Bonchev–Trinajstić information content (AvgIpc) is 2.72. The van der Waals surface area contributed by atoms with Gasteiger partial charge in [-0.3, -0.25) is 10.3 Å². The number of nitrogens with one attached hydrogen (secondary N) is 1. The lowest BCUT2D eigenvalue weighted by Gasteiger charge is -2.40. The molecule has 0 saturated carbocycles. The predicted octanol–water partition coefficient (Wildman–Crippen LogP) is 2.06. The monoisotopic (exact) mass is 420 g/mol. The fourth-order valence-electron chi connectivity index (χ4n) is 4.37. The van der Waals surface area contributed by atoms with Gasteiger partial charge in [0.2, 0.25) is 0 Å². The summed E-state index contributed by atoms with van der Waals surface area (Å²) in [6, 6.07) is 5.54. The molecular formula is C21H29ClN4O3. The fourth-order valence-corrected chi connectivity index (χ4v) is 4.59. The maximum absolute atomic E-state index is 10.8. The number of fused-ring (bicyclic) bond motifs is 1. The van der Waals surface area contributed by atoms with Crippen LogP contribution in [0.15, 0.2) is 24.4 Å². The Balaban J connectivity index is 1.37. The van der Waals surface area contributed by atoms with Gasteiger partial charge < -0.3 is 25.6 Å². The van der Waals surface area contributed by atoms with Gasteiger partial charge >= 0.3 is 0 Å². The van der Waals surface area contributed by atoms with Crippen LogP contribution in [-0.2, 0) is 4.74 Å². The Labute approximate surface area is 175 Å². The fraction of sp³-hybridized carbons (Fsp3) is 0.571. The van der Waals surface area contributed by atoms with E-state index in [0.29, 0.717) is 54.4 Å². The summed E-state index contributed by atoms with van der Waals surface area (Å²) in [6.45, 7) is 3.72. The average molecular weight is 421 g/mol. The third-order valence-electron chi connectivity index (χ3n) is 6.13. The zero-order chi connectivity index (χ0) is 20.4. The highest BCUT2D eigenvalue weighted by Crippen LogP contribution is 2.33. The van der Waals surface area contributed by atoms with Gasteiger partial charge in [-0.1, -0.05) is 11.6 Å². The summed E-state index contributed by atoms with van der Waals surface area (Å²) in [5, 5.41) is 26.0. The molecule has 1 unspecified atom stereocenters. The van der Waals surface area contributed by atoms with Gasteiger partial charge in [0.25, 0.3) is 0 Å². The minimum absolute atomic E-state index is 0.181. The van der Waals surface area contributed by atoms with E-state index in [1.807, 2.05) is 6.07 Å². The van der Waals surface area contributed by atoms with Gasteiger partial charge in [-0.05, 0) is 44.1 Å². The number of aliphatic hydroxyl groups excluding tert-OH is 1. The van der Waals surface area contributed by atoms with Crippen molar-refractivity contribution in [2.75, 3.05) is 38.6 Å². The van der Waals surface area contributed by atoms with Gasteiger partial charge in [-0.25, -0.2) is 0 Å². The number of nitrogens with zero attached hydrogens (tertiary/aromatic N) is 2. The Morgan fingerprint density at radius 3 is 2.79 bits per heavy atom. The van der Waals surface area contributed by atoms with Gasteiger partial charge in [0, 0.05) is 55.8 Å². The maximum Gasteiger partial charge on any atom is 0.133 e. The van der Waals surface area contributed by atoms with Crippen LogP contribution in [0.4, 0.5) is 5.69 Å². The Morgan fingerprint density at radius 1 is 1.34 bits per heavy atom. The first kappa shape index (κ1) is 20.8. The molecule has 0 bridgehead atoms. The van der Waals surface area contributed by atoms with Crippen molar-refractivity contribution in [3.63, 3.8) is 0 Å². The smallest absolute Gasteiger partial charge is 0.133 e. The first-order chi connectivity index (χ1) is 14.0. The minimum atomic E-state index is -0.873. The van der Waals surface area contributed by atoms with Crippen LogP contribution >= 0.6 is 11.6 Å². The molecule has 4 rings (SSSR count). The van der Waals surface area contributed by atoms with Gasteiger partial charge in [0.1, 0.15) is 6.23 Å². The third kappa shape index (κ3) is 4.66. The van der Waals surface area contributed by atoms with Crippen LogP contribution in [0.3, 0.4) is 0 Å². The van der Waals surface area contributed by atoms with Crippen molar-refractivity contribution in [3.8, 4) is 0 Å². The van der Waals surface area contributed by atoms with Crippen LogP contribution in [0.2, 0.25) is 5.02 Å². The lowest BCUT2D eigenvalue weighted by molar-refractivity contribution is -0.0828. The molecule has 1 atom stereocenters. The van der Waals surface area contributed by atoms with E-state index in [9.17, 15) is 10.2 Å². The highest BCUT2D eigenvalue weighted by Gasteiger charge is 2.33. The van der Waals surface area contributed by atoms with Crippen molar-refractivity contribution in [2.24, 2.45) is 0 Å². The number of ether oxygens (including phenoxy) is 1. The Hall–Kier alpha value is -1.48. The van der Waals surface area contributed by atoms with E-state index in [2.05, 4.69) is 15.2 Å². The van der Waals surface area contributed by atoms with E-state index in [4.69, 9.17) is 22.1 Å². The molecule has 5 N–H and O–H groups in total. The second kappa shape index (κ2) is 8.71. The van der Waals surface area contributed by atoms with Crippen LogP contribution in [0.1, 0.15) is 37.5 Å². The molecule has 2 fully saturated rings. The number of nitrogens with two attached hydrogens (primary N) is 1. The summed E-state index contributed by atoms with van der Waals surface area (Å²) < 4.78 is 5.36. The molecule has 1 aromatic carbocycles. The number of aliphatic hydroxyl groups is 2. The molecule has 0 radical (unpaired) electrons. The SMILES string of the molecule is Nc1c(Cl)cc(C(O)NC2CCN(CC3(O)CCOCC3)CC2)c2ncccc12. The summed E-state index contributed by atoms with van der Waals surface area (Å²) in [4.78, 5) is 6.71. The maximum atomic E-state index is 10.8. The molecule has 2 aromatic rings. The van der Waals surface area contributed by atoms with Crippen molar-refractivity contribution in [1.82, 2.24) is 15.2 Å². The molecule has 0 amide bonds. The molecule has 2 aliphatic rings. The number of aromatic nitrogens is 1. The molecule has 0 aliphatic carbocycles. The van der Waals surface area contributed by atoms with Crippen LogP contribution in [0.25, 0.3) is 10.9 Å². The summed E-state index contributed by atoms with van der Waals surface area (Å²) >= 11 is 6.27. The van der Waals surface area contributed by atoms with Crippen LogP contribution in [-0.4, -0.2) is 64.6 Å². The highest BCUT2D eigenvalue weighted by molar-refractivity contribution is 6.34. The van der Waals surface area contributed by atoms with Crippen LogP contribution < -0.4 is 11.1 Å². The number of anilines is 1. The van der Waals surface area contributed by atoms with E-state index >= 15 is 0 Å². The van der Waals surface area contributed by atoms with Gasteiger partial charge in [-0.15, -0.1) is 0 Å². The number of benzene rings is 1. The largest absolute Gasteiger partial charge is 0.397 e. The molecule has 2 saturated heterocycles. The Morgan fingerprint density at radius 2 is 2.07 bits per heavy atom. The van der Waals surface area contributed by atoms with E-state index in [-0.39, 0.29) is 6.04 Å².